The minimum absolute atomic E-state index is 0.0360. The number of carbonyl (C=O) groups excluding carboxylic acids is 1. The summed E-state index contributed by atoms with van der Waals surface area (Å²) in [7, 11) is 0. The predicted molar refractivity (Wildman–Crippen MR) is 63.5 cm³/mol. The van der Waals surface area contributed by atoms with Crippen molar-refractivity contribution in [1.82, 2.24) is 4.98 Å². The fourth-order valence-corrected chi connectivity index (χ4v) is 2.18. The molecule has 1 heterocycles. The summed E-state index contributed by atoms with van der Waals surface area (Å²) in [6, 6.07) is 1.91. The Morgan fingerprint density at radius 2 is 2.24 bits per heavy atom. The molecule has 1 N–H and O–H groups in total. The summed E-state index contributed by atoms with van der Waals surface area (Å²) in [5.74, 6) is -1.87. The van der Waals surface area contributed by atoms with Gasteiger partial charge in [-0.25, -0.2) is 13.8 Å². The molecule has 0 aliphatic heterocycles. The number of carbonyl (C=O) groups is 1. The van der Waals surface area contributed by atoms with Gasteiger partial charge in [-0.05, 0) is 13.0 Å². The number of nitrogens with zero attached hydrogens (tertiary/aromatic N) is 1. The molecule has 0 bridgehead atoms. The van der Waals surface area contributed by atoms with Gasteiger partial charge in [-0.2, -0.15) is 0 Å². The summed E-state index contributed by atoms with van der Waals surface area (Å²) in [6.07, 6.45) is 0. The van der Waals surface area contributed by atoms with E-state index in [1.165, 1.54) is 6.92 Å². The van der Waals surface area contributed by atoms with E-state index in [0.29, 0.717) is 4.70 Å². The lowest BCUT2D eigenvalue weighted by atomic mass is 10.3. The minimum Gasteiger partial charge on any atom is -0.301 e. The van der Waals surface area contributed by atoms with Gasteiger partial charge in [0, 0.05) is 6.07 Å². The van der Waals surface area contributed by atoms with Crippen LogP contribution in [0.2, 0.25) is 0 Å². The van der Waals surface area contributed by atoms with Crippen LogP contribution in [0.5, 0.6) is 0 Å². The zero-order valence-corrected chi connectivity index (χ0v) is 10.2. The van der Waals surface area contributed by atoms with E-state index in [1.807, 2.05) is 0 Å². The smallest absolute Gasteiger partial charge is 0.243 e. The second-order valence-corrected chi connectivity index (χ2v) is 5.04. The highest BCUT2D eigenvalue weighted by atomic mass is 35.5. The second kappa shape index (κ2) is 4.54. The van der Waals surface area contributed by atoms with Crippen molar-refractivity contribution in [3.8, 4) is 0 Å². The van der Waals surface area contributed by atoms with Crippen LogP contribution in [-0.2, 0) is 4.79 Å². The Balaban J connectivity index is 2.38. The lowest BCUT2D eigenvalue weighted by Gasteiger charge is -2.01. The third kappa shape index (κ3) is 2.53. The summed E-state index contributed by atoms with van der Waals surface area (Å²) in [6.45, 7) is 1.50. The lowest BCUT2D eigenvalue weighted by Crippen LogP contribution is -2.20. The Hall–Kier alpha value is -1.27. The van der Waals surface area contributed by atoms with Crippen LogP contribution < -0.4 is 5.32 Å². The molecule has 0 saturated heterocycles. The number of halogens is 3. The number of hydrogen-bond acceptors (Lipinski definition) is 3. The van der Waals surface area contributed by atoms with Crippen LogP contribution in [-0.4, -0.2) is 16.3 Å². The third-order valence-corrected chi connectivity index (χ3v) is 3.12. The third-order valence-electron chi connectivity index (χ3n) is 2.00. The number of anilines is 1. The number of amides is 1. The minimum atomic E-state index is -0.754. The first-order valence-corrected chi connectivity index (χ1v) is 5.93. The summed E-state index contributed by atoms with van der Waals surface area (Å²) in [5.41, 5.74) is 0.0360. The monoisotopic (exact) mass is 276 g/mol. The van der Waals surface area contributed by atoms with Gasteiger partial charge in [0.05, 0.1) is 4.70 Å². The summed E-state index contributed by atoms with van der Waals surface area (Å²) < 4.78 is 26.6. The Bertz CT molecular complexity index is 585. The van der Waals surface area contributed by atoms with Gasteiger partial charge in [-0.1, -0.05) is 11.3 Å². The Labute approximate surface area is 104 Å². The maximum Gasteiger partial charge on any atom is 0.243 e. The molecule has 2 aromatic rings. The average Bonchev–Trinajstić information content (AvgIpc) is 2.60. The molecular formula is C10H7ClF2N2OS. The molecule has 17 heavy (non-hydrogen) atoms. The molecule has 3 nitrogen and oxygen atoms in total. The summed E-state index contributed by atoms with van der Waals surface area (Å²) in [4.78, 5) is 15.2. The van der Waals surface area contributed by atoms with Crippen LogP contribution >= 0.6 is 22.9 Å². The number of benzene rings is 1. The van der Waals surface area contributed by atoms with Gasteiger partial charge < -0.3 is 5.32 Å². The van der Waals surface area contributed by atoms with E-state index in [-0.39, 0.29) is 10.6 Å². The number of fused-ring (bicyclic) bond motifs is 1. The van der Waals surface area contributed by atoms with Crippen LogP contribution in [0.15, 0.2) is 12.1 Å². The number of hydrogen-bond donors (Lipinski definition) is 1. The van der Waals surface area contributed by atoms with Gasteiger partial charge in [-0.15, -0.1) is 11.6 Å². The molecule has 0 fully saturated rings. The zero-order valence-electron chi connectivity index (χ0n) is 8.63. The second-order valence-electron chi connectivity index (χ2n) is 3.36. The van der Waals surface area contributed by atoms with E-state index in [0.717, 1.165) is 23.5 Å². The van der Waals surface area contributed by atoms with E-state index in [9.17, 15) is 13.6 Å². The molecule has 0 spiro atoms. The van der Waals surface area contributed by atoms with Gasteiger partial charge in [0.15, 0.2) is 10.9 Å². The number of aromatic nitrogens is 1. The van der Waals surface area contributed by atoms with E-state index >= 15 is 0 Å². The van der Waals surface area contributed by atoms with Crippen LogP contribution in [0.4, 0.5) is 13.9 Å². The van der Waals surface area contributed by atoms with Crippen molar-refractivity contribution in [2.24, 2.45) is 0 Å². The molecule has 1 amide bonds. The van der Waals surface area contributed by atoms with Crippen molar-refractivity contribution in [2.75, 3.05) is 5.32 Å². The first-order chi connectivity index (χ1) is 7.97. The fourth-order valence-electron chi connectivity index (χ4n) is 1.22. The molecule has 0 unspecified atom stereocenters. The largest absolute Gasteiger partial charge is 0.301 e. The van der Waals surface area contributed by atoms with E-state index in [1.54, 1.807) is 0 Å². The Kier molecular flexibility index (Phi) is 3.26. The van der Waals surface area contributed by atoms with Crippen LogP contribution in [0, 0.1) is 11.6 Å². The van der Waals surface area contributed by atoms with Crippen molar-refractivity contribution < 1.29 is 13.6 Å². The molecule has 0 saturated carbocycles. The molecule has 0 radical (unpaired) electrons. The standard InChI is InChI=1S/C10H7ClF2N2OS/c1-4(11)9(16)15-10-14-8-6(13)2-5(12)3-7(8)17-10/h2-4H,1H3,(H,14,15,16)/t4-/m1/s1. The lowest BCUT2D eigenvalue weighted by molar-refractivity contribution is -0.115. The number of rotatable bonds is 2. The van der Waals surface area contributed by atoms with Gasteiger partial charge in [-0.3, -0.25) is 4.79 Å². The molecule has 2 rings (SSSR count). The van der Waals surface area contributed by atoms with Crippen molar-refractivity contribution in [1.29, 1.82) is 0 Å². The molecule has 1 aromatic carbocycles. The van der Waals surface area contributed by atoms with Gasteiger partial charge in [0.1, 0.15) is 16.7 Å². The summed E-state index contributed by atoms with van der Waals surface area (Å²) >= 11 is 6.55. The molecule has 0 aliphatic rings. The highest BCUT2D eigenvalue weighted by Gasteiger charge is 2.14. The molecule has 0 aliphatic carbocycles. The van der Waals surface area contributed by atoms with Crippen molar-refractivity contribution in [3.63, 3.8) is 0 Å². The average molecular weight is 277 g/mol. The highest BCUT2D eigenvalue weighted by molar-refractivity contribution is 7.22. The van der Waals surface area contributed by atoms with E-state index in [2.05, 4.69) is 10.3 Å². The van der Waals surface area contributed by atoms with Gasteiger partial charge >= 0.3 is 0 Å². The number of nitrogens with one attached hydrogen (secondary N) is 1. The maximum absolute atomic E-state index is 13.3. The Morgan fingerprint density at radius 1 is 1.53 bits per heavy atom. The SMILES string of the molecule is C[C@@H](Cl)C(=O)Nc1nc2c(F)cc(F)cc2s1. The highest BCUT2D eigenvalue weighted by Crippen LogP contribution is 2.28. The van der Waals surface area contributed by atoms with Crippen molar-refractivity contribution in [3.05, 3.63) is 23.8 Å². The zero-order chi connectivity index (χ0) is 12.6. The maximum atomic E-state index is 13.3. The topological polar surface area (TPSA) is 42.0 Å². The molecule has 1 atom stereocenters. The van der Waals surface area contributed by atoms with Crippen LogP contribution in [0.25, 0.3) is 10.2 Å². The quantitative estimate of drug-likeness (QED) is 0.856. The normalized spacial score (nSPS) is 12.7. The number of thiazole rings is 1. The first-order valence-electron chi connectivity index (χ1n) is 4.68. The molecular weight excluding hydrogens is 270 g/mol. The van der Waals surface area contributed by atoms with Crippen molar-refractivity contribution in [2.45, 2.75) is 12.3 Å². The molecule has 7 heteroatoms. The predicted octanol–water partition coefficient (Wildman–Crippen LogP) is 3.14. The number of alkyl halides is 1. The van der Waals surface area contributed by atoms with Gasteiger partial charge in [0.25, 0.3) is 0 Å². The van der Waals surface area contributed by atoms with Gasteiger partial charge in [0.2, 0.25) is 5.91 Å². The molecule has 90 valence electrons. The van der Waals surface area contributed by atoms with E-state index < -0.39 is 22.9 Å². The fraction of sp³-hybridized carbons (Fsp3) is 0.200. The van der Waals surface area contributed by atoms with Crippen LogP contribution in [0.3, 0.4) is 0 Å². The summed E-state index contributed by atoms with van der Waals surface area (Å²) in [5, 5.41) is 1.90. The van der Waals surface area contributed by atoms with Crippen LogP contribution in [0.1, 0.15) is 6.92 Å². The van der Waals surface area contributed by atoms with E-state index in [4.69, 9.17) is 11.6 Å². The first kappa shape index (κ1) is 12.2. The Morgan fingerprint density at radius 3 is 2.88 bits per heavy atom. The molecule has 1 aromatic heterocycles. The van der Waals surface area contributed by atoms with Crippen molar-refractivity contribution >= 4 is 44.2 Å².